The lowest BCUT2D eigenvalue weighted by atomic mass is 10.1. The van der Waals surface area contributed by atoms with Gasteiger partial charge in [-0.3, -0.25) is 9.59 Å². The number of carbonyl (C=O) groups excluding carboxylic acids is 2. The Bertz CT molecular complexity index is 589. The first-order chi connectivity index (χ1) is 10.9. The van der Waals surface area contributed by atoms with Crippen molar-refractivity contribution in [2.24, 2.45) is 5.92 Å². The zero-order chi connectivity index (χ0) is 17.0. The van der Waals surface area contributed by atoms with Gasteiger partial charge in [0.25, 0.3) is 0 Å². The van der Waals surface area contributed by atoms with E-state index in [1.807, 2.05) is 19.0 Å². The minimum absolute atomic E-state index is 0.0191. The van der Waals surface area contributed by atoms with E-state index in [1.165, 1.54) is 0 Å². The summed E-state index contributed by atoms with van der Waals surface area (Å²) in [5.41, 5.74) is 6.85. The lowest BCUT2D eigenvalue weighted by Crippen LogP contribution is -2.34. The number of rotatable bonds is 6. The topological polar surface area (TPSA) is 87.9 Å². The molecule has 0 bridgehead atoms. The monoisotopic (exact) mass is 320 g/mol. The summed E-state index contributed by atoms with van der Waals surface area (Å²) in [6.07, 6.45) is 0.239. The molecule has 1 atom stereocenters. The molecule has 126 valence electrons. The molecule has 1 heterocycles. The summed E-state index contributed by atoms with van der Waals surface area (Å²) < 4.78 is 5.13. The number of likely N-dealkylation sites (tertiary alicyclic amines) is 1. The molecule has 0 saturated carbocycles. The zero-order valence-corrected chi connectivity index (χ0v) is 13.8. The highest BCUT2D eigenvalue weighted by Crippen LogP contribution is 2.26. The second-order valence-electron chi connectivity index (χ2n) is 5.99. The number of nitrogens with zero attached hydrogens (tertiary/aromatic N) is 2. The van der Waals surface area contributed by atoms with Gasteiger partial charge in [0.15, 0.2) is 0 Å². The van der Waals surface area contributed by atoms with Crippen molar-refractivity contribution in [3.63, 3.8) is 0 Å². The van der Waals surface area contributed by atoms with E-state index in [9.17, 15) is 9.59 Å². The van der Waals surface area contributed by atoms with Crippen LogP contribution in [-0.4, -0.2) is 62.5 Å². The van der Waals surface area contributed by atoms with Crippen LogP contribution < -0.4 is 15.8 Å². The van der Waals surface area contributed by atoms with Crippen LogP contribution in [0, 0.1) is 5.92 Å². The molecule has 0 aliphatic carbocycles. The number of nitrogens with one attached hydrogen (secondary N) is 1. The van der Waals surface area contributed by atoms with Crippen LogP contribution in [0.1, 0.15) is 6.42 Å². The molecular weight excluding hydrogens is 296 g/mol. The van der Waals surface area contributed by atoms with Gasteiger partial charge in [0, 0.05) is 32.1 Å². The third kappa shape index (κ3) is 4.35. The molecule has 1 unspecified atom stereocenters. The fraction of sp³-hybridized carbons (Fsp3) is 0.500. The van der Waals surface area contributed by atoms with Crippen LogP contribution in [0.5, 0.6) is 5.75 Å². The quantitative estimate of drug-likeness (QED) is 0.751. The summed E-state index contributed by atoms with van der Waals surface area (Å²) in [5.74, 6) is 0.0936. The van der Waals surface area contributed by atoms with Crippen molar-refractivity contribution in [3.05, 3.63) is 18.2 Å². The molecule has 2 rings (SSSR count). The third-order valence-corrected chi connectivity index (χ3v) is 3.92. The Morgan fingerprint density at radius 2 is 2.22 bits per heavy atom. The van der Waals surface area contributed by atoms with Crippen molar-refractivity contribution in [1.29, 1.82) is 0 Å². The molecule has 7 nitrogen and oxygen atoms in total. The maximum absolute atomic E-state index is 12.4. The number of amides is 2. The molecule has 7 heteroatoms. The van der Waals surface area contributed by atoms with E-state index < -0.39 is 0 Å². The van der Waals surface area contributed by atoms with E-state index in [2.05, 4.69) is 5.32 Å². The van der Waals surface area contributed by atoms with Crippen LogP contribution in [0.15, 0.2) is 18.2 Å². The van der Waals surface area contributed by atoms with Crippen LogP contribution in [0.4, 0.5) is 11.4 Å². The number of nitrogen functional groups attached to an aromatic ring is 1. The summed E-state index contributed by atoms with van der Waals surface area (Å²) in [4.78, 5) is 28.2. The Balaban J connectivity index is 1.98. The van der Waals surface area contributed by atoms with Gasteiger partial charge in [-0.25, -0.2) is 0 Å². The summed E-state index contributed by atoms with van der Waals surface area (Å²) in [7, 11) is 5.46. The molecule has 23 heavy (non-hydrogen) atoms. The Hall–Kier alpha value is -2.28. The number of hydrogen-bond donors (Lipinski definition) is 2. The van der Waals surface area contributed by atoms with Crippen molar-refractivity contribution in [2.75, 3.05) is 51.9 Å². The van der Waals surface area contributed by atoms with Gasteiger partial charge in [-0.05, 0) is 26.2 Å². The third-order valence-electron chi connectivity index (χ3n) is 3.92. The number of carbonyl (C=O) groups is 2. The predicted octanol–water partition coefficient (Wildman–Crippen LogP) is 0.626. The number of nitrogens with two attached hydrogens (primary N) is 1. The molecule has 0 spiro atoms. The first-order valence-electron chi connectivity index (χ1n) is 7.57. The molecule has 1 aliphatic rings. The van der Waals surface area contributed by atoms with Crippen molar-refractivity contribution >= 4 is 23.2 Å². The minimum Gasteiger partial charge on any atom is -0.497 e. The molecule has 1 aromatic rings. The van der Waals surface area contributed by atoms with Crippen LogP contribution >= 0.6 is 0 Å². The standard InChI is InChI=1S/C16H24N4O3/c1-19(2)6-7-20-10-11(8-15(20)21)16(22)18-14-9-12(23-3)4-5-13(14)17/h4-5,9,11H,6-8,10,17H2,1-3H3,(H,18,22). The Morgan fingerprint density at radius 3 is 2.87 bits per heavy atom. The Kier molecular flexibility index (Phi) is 5.44. The summed E-state index contributed by atoms with van der Waals surface area (Å²) >= 11 is 0. The predicted molar refractivity (Wildman–Crippen MR) is 89.3 cm³/mol. The maximum Gasteiger partial charge on any atom is 0.229 e. The van der Waals surface area contributed by atoms with E-state index in [-0.39, 0.29) is 24.2 Å². The highest BCUT2D eigenvalue weighted by molar-refractivity contribution is 5.99. The molecule has 1 aromatic carbocycles. The van der Waals surface area contributed by atoms with E-state index in [4.69, 9.17) is 10.5 Å². The zero-order valence-electron chi connectivity index (χ0n) is 13.8. The number of hydrogen-bond acceptors (Lipinski definition) is 5. The number of ether oxygens (including phenoxy) is 1. The lowest BCUT2D eigenvalue weighted by Gasteiger charge is -2.19. The summed E-state index contributed by atoms with van der Waals surface area (Å²) in [6.45, 7) is 1.86. The van der Waals surface area contributed by atoms with E-state index in [0.717, 1.165) is 6.54 Å². The first-order valence-corrected chi connectivity index (χ1v) is 7.57. The molecule has 2 amide bonds. The van der Waals surface area contributed by atoms with Crippen molar-refractivity contribution in [2.45, 2.75) is 6.42 Å². The van der Waals surface area contributed by atoms with Gasteiger partial charge < -0.3 is 25.6 Å². The average molecular weight is 320 g/mol. The first kappa shape index (κ1) is 17.1. The lowest BCUT2D eigenvalue weighted by molar-refractivity contribution is -0.128. The second-order valence-corrected chi connectivity index (χ2v) is 5.99. The van der Waals surface area contributed by atoms with Gasteiger partial charge in [0.1, 0.15) is 5.75 Å². The fourth-order valence-corrected chi connectivity index (χ4v) is 2.49. The smallest absolute Gasteiger partial charge is 0.229 e. The Labute approximate surface area is 136 Å². The summed E-state index contributed by atoms with van der Waals surface area (Å²) in [6, 6.07) is 5.08. The fourth-order valence-electron chi connectivity index (χ4n) is 2.49. The molecule has 1 aliphatic heterocycles. The highest BCUT2D eigenvalue weighted by atomic mass is 16.5. The molecule has 0 radical (unpaired) electrons. The minimum atomic E-state index is -0.352. The molecule has 3 N–H and O–H groups in total. The van der Waals surface area contributed by atoms with Gasteiger partial charge in [-0.1, -0.05) is 0 Å². The van der Waals surface area contributed by atoms with Gasteiger partial charge >= 0.3 is 0 Å². The molecular formula is C16H24N4O3. The van der Waals surface area contributed by atoms with Crippen molar-refractivity contribution in [3.8, 4) is 5.75 Å². The number of benzene rings is 1. The molecule has 1 saturated heterocycles. The molecule has 1 fully saturated rings. The Morgan fingerprint density at radius 1 is 1.48 bits per heavy atom. The molecule has 0 aromatic heterocycles. The van der Waals surface area contributed by atoms with Crippen LogP contribution in [0.2, 0.25) is 0 Å². The van der Waals surface area contributed by atoms with Crippen molar-refractivity contribution < 1.29 is 14.3 Å². The second kappa shape index (κ2) is 7.32. The number of anilines is 2. The summed E-state index contributed by atoms with van der Waals surface area (Å²) in [5, 5.41) is 2.80. The van der Waals surface area contributed by atoms with Gasteiger partial charge in [-0.2, -0.15) is 0 Å². The maximum atomic E-state index is 12.4. The van der Waals surface area contributed by atoms with Crippen molar-refractivity contribution in [1.82, 2.24) is 9.80 Å². The van der Waals surface area contributed by atoms with Crippen LogP contribution in [0.25, 0.3) is 0 Å². The van der Waals surface area contributed by atoms with Crippen LogP contribution in [-0.2, 0) is 9.59 Å². The average Bonchev–Trinajstić information content (AvgIpc) is 2.88. The number of likely N-dealkylation sites (N-methyl/N-ethyl adjacent to an activating group) is 1. The number of methoxy groups -OCH3 is 1. The van der Waals surface area contributed by atoms with Crippen LogP contribution in [0.3, 0.4) is 0 Å². The van der Waals surface area contributed by atoms with E-state index >= 15 is 0 Å². The van der Waals surface area contributed by atoms with Gasteiger partial charge in [0.05, 0.1) is 24.4 Å². The van der Waals surface area contributed by atoms with Gasteiger partial charge in [-0.15, -0.1) is 0 Å². The normalized spacial score (nSPS) is 17.7. The largest absolute Gasteiger partial charge is 0.497 e. The van der Waals surface area contributed by atoms with E-state index in [0.29, 0.717) is 30.2 Å². The SMILES string of the molecule is COc1ccc(N)c(NC(=O)C2CC(=O)N(CCN(C)C)C2)c1. The van der Waals surface area contributed by atoms with Gasteiger partial charge in [0.2, 0.25) is 11.8 Å². The highest BCUT2D eigenvalue weighted by Gasteiger charge is 2.34. The van der Waals surface area contributed by atoms with E-state index in [1.54, 1.807) is 30.2 Å².